The van der Waals surface area contributed by atoms with E-state index in [4.69, 9.17) is 15.9 Å². The maximum absolute atomic E-state index is 11.8. The van der Waals surface area contributed by atoms with Crippen molar-refractivity contribution in [1.82, 2.24) is 0 Å². The molecule has 0 aromatic rings. The van der Waals surface area contributed by atoms with Crippen LogP contribution in [0.5, 0.6) is 0 Å². The Balaban J connectivity index is -0.0000000254. The minimum Gasteiger partial charge on any atom is -0.790 e. The van der Waals surface area contributed by atoms with Crippen molar-refractivity contribution >= 4 is 37.5 Å². The summed E-state index contributed by atoms with van der Waals surface area (Å²) in [5.41, 5.74) is 0. The number of thiol groups is 1. The summed E-state index contributed by atoms with van der Waals surface area (Å²) in [5, 5.41) is -0.139. The summed E-state index contributed by atoms with van der Waals surface area (Å²) < 4.78 is 24.2. The van der Waals surface area contributed by atoms with Crippen molar-refractivity contribution in [3.8, 4) is 131 Å². The normalized spacial score (nSPS) is 7.35. The topological polar surface area (TPSA) is 142 Å². The van der Waals surface area contributed by atoms with Crippen LogP contribution in [0, 0.1) is 131 Å². The molecule has 0 unspecified atom stereocenters. The van der Waals surface area contributed by atoms with Crippen LogP contribution in [0.15, 0.2) is 0 Å². The van der Waals surface area contributed by atoms with E-state index in [1.165, 1.54) is 6.92 Å². The first kappa shape index (κ1) is 46.2. The van der Waals surface area contributed by atoms with E-state index in [0.29, 0.717) is 0 Å². The molecular weight excluding hydrogens is 613 g/mol. The minimum absolute atomic E-state index is 0. The van der Waals surface area contributed by atoms with Gasteiger partial charge < -0.3 is 28.3 Å². The van der Waals surface area contributed by atoms with Crippen LogP contribution in [-0.2, 0) is 32.9 Å². The van der Waals surface area contributed by atoms with Gasteiger partial charge in [-0.05, 0) is 113 Å². The van der Waals surface area contributed by atoms with Gasteiger partial charge in [0.2, 0.25) is 0 Å². The molecule has 43 heavy (non-hydrogen) atoms. The van der Waals surface area contributed by atoms with Crippen molar-refractivity contribution < 1.29 is 130 Å². The molecule has 0 aliphatic heterocycles. The van der Waals surface area contributed by atoms with Crippen molar-refractivity contribution in [2.45, 2.75) is 20.0 Å². The molecular formula is C30H53Na2O9PS. The molecule has 0 radical (unpaired) electrons. The Labute approximate surface area is 330 Å². The van der Waals surface area contributed by atoms with Gasteiger partial charge in [-0.1, -0.05) is 5.92 Å². The smallest absolute Gasteiger partial charge is 0.790 e. The summed E-state index contributed by atoms with van der Waals surface area (Å²) >= 11 is 3.33. The number of carbonyl (C=O) groups is 3. The Morgan fingerprint density at radius 2 is 1.12 bits per heavy atom. The second kappa shape index (κ2) is 32.7. The maximum Gasteiger partial charge on any atom is 1.00 e. The SMILES string of the molecule is C#CC#CC#CC#CC#CC#CC#CC(=O)O[C@H](COC(=O)C#CC#CC#CC#CC)COP(=O)([O-])[O-].CC(=O)S.[HH].[HH].[HH].[HH].[HH].[HH].[HH].[HH].[HH].[HH].[HH].[HH].[HH].[HH].[HH].[HH].[HH].[HH].[HH].[HH].[Na+].[Na+]. The molecule has 0 saturated carbocycles. The van der Waals surface area contributed by atoms with E-state index in [-0.39, 0.29) is 92.8 Å². The largest absolute Gasteiger partial charge is 1.00 e. The van der Waals surface area contributed by atoms with Crippen LogP contribution in [0.1, 0.15) is 42.4 Å². The summed E-state index contributed by atoms with van der Waals surface area (Å²) in [6.45, 7) is 1.35. The van der Waals surface area contributed by atoms with Crippen molar-refractivity contribution in [3.05, 3.63) is 0 Å². The predicted octanol–water partition coefficient (Wildman–Crippen LogP) is -2.64. The van der Waals surface area contributed by atoms with Crippen LogP contribution in [0.3, 0.4) is 0 Å². The number of rotatable bonds is 6. The summed E-state index contributed by atoms with van der Waals surface area (Å²) in [4.78, 5) is 54.0. The zero-order valence-corrected chi connectivity index (χ0v) is 28.9. The van der Waals surface area contributed by atoms with Gasteiger partial charge in [-0.25, -0.2) is 9.59 Å². The third-order valence-electron chi connectivity index (χ3n) is 2.56. The van der Waals surface area contributed by atoms with Crippen molar-refractivity contribution in [2.24, 2.45) is 0 Å². The van der Waals surface area contributed by atoms with E-state index in [0.717, 1.165) is 0 Å². The molecule has 0 fully saturated rings. The summed E-state index contributed by atoms with van der Waals surface area (Å²) in [5.74, 6) is 45.5. The van der Waals surface area contributed by atoms with Crippen LogP contribution in [0.2, 0.25) is 0 Å². The Morgan fingerprint density at radius 3 is 1.51 bits per heavy atom. The standard InChI is InChI=1S/C28H11O8P.C2H4OS.2Na.20H2/c1-3-5-7-9-11-12-13-14-15-17-19-21-23-28(30)36-26(25-35-37(31,32)33)24-34-27(29)22-20-18-16-10-8-6-4-2;1-2(3)4;;;;;;;;;;;;;;;;;;;;;;/h1,26H,24-25H2,2H3,(H2,31,32,33);1H3,(H,3,4);;;20*1H/q;;2*+1;;;;;;;;;;;;;;;;;;;;/p-2/t26-;;;;;;;;;;;;;;;;;;;;;;;/m1......................./s1. The summed E-state index contributed by atoms with van der Waals surface area (Å²) in [7, 11) is -5.40. The molecule has 0 aromatic carbocycles. The van der Waals surface area contributed by atoms with Gasteiger partial charge in [0.1, 0.15) is 6.61 Å². The molecule has 240 valence electrons. The zero-order valence-electron chi connectivity index (χ0n) is 23.1. The fourth-order valence-electron chi connectivity index (χ4n) is 1.35. The number of phosphoric ester groups is 1. The quantitative estimate of drug-likeness (QED) is 0.0805. The van der Waals surface area contributed by atoms with Crippen LogP contribution >= 0.6 is 20.5 Å². The van der Waals surface area contributed by atoms with Gasteiger partial charge in [-0.2, -0.15) is 0 Å². The number of terminal acetylenes is 1. The van der Waals surface area contributed by atoms with Gasteiger partial charge in [0, 0.05) is 47.3 Å². The number of phosphoric acid groups is 1. The number of ether oxygens (including phenoxy) is 2. The average molecular weight is 667 g/mol. The third kappa shape index (κ3) is 42.8. The summed E-state index contributed by atoms with van der Waals surface area (Å²) in [6, 6.07) is 0. The molecule has 13 heteroatoms. The molecule has 0 amide bonds. The Hall–Kier alpha value is -3.77. The Bertz CT molecular complexity index is 1790. The number of carbonyl (C=O) groups excluding carboxylic acids is 3. The molecule has 0 heterocycles. The Morgan fingerprint density at radius 1 is 0.744 bits per heavy atom. The third-order valence-corrected chi connectivity index (χ3v) is 3.02. The summed E-state index contributed by atoms with van der Waals surface area (Å²) in [6.07, 6.45) is 3.40. The molecule has 9 nitrogen and oxygen atoms in total. The second-order valence-electron chi connectivity index (χ2n) is 5.66. The molecule has 0 aliphatic carbocycles. The Kier molecular flexibility index (Phi) is 35.2. The van der Waals surface area contributed by atoms with E-state index >= 15 is 0 Å². The van der Waals surface area contributed by atoms with Crippen LogP contribution in [0.25, 0.3) is 0 Å². The fraction of sp³-hybridized carbons (Fsp3) is 0.167. The number of hydrogen-bond donors (Lipinski definition) is 1. The van der Waals surface area contributed by atoms with Crippen LogP contribution < -0.4 is 68.9 Å². The molecule has 0 rings (SSSR count). The van der Waals surface area contributed by atoms with E-state index in [1.54, 1.807) is 6.92 Å². The van der Waals surface area contributed by atoms with Gasteiger partial charge in [-0.3, -0.25) is 4.79 Å². The van der Waals surface area contributed by atoms with E-state index in [2.05, 4.69) is 130 Å². The molecule has 1 atom stereocenters. The first-order valence-corrected chi connectivity index (χ1v) is 12.1. The maximum atomic E-state index is 11.8. The van der Waals surface area contributed by atoms with E-state index in [1.807, 2.05) is 11.8 Å². The average Bonchev–Trinajstić information content (AvgIpc) is 2.89. The monoisotopic (exact) mass is 666 g/mol. The van der Waals surface area contributed by atoms with Crippen molar-refractivity contribution in [2.75, 3.05) is 13.2 Å². The van der Waals surface area contributed by atoms with Gasteiger partial charge in [-0.15, -0.1) is 19.1 Å². The molecule has 0 aliphatic rings. The van der Waals surface area contributed by atoms with Gasteiger partial charge >= 0.3 is 71.1 Å². The van der Waals surface area contributed by atoms with Crippen LogP contribution in [-0.4, -0.2) is 36.4 Å². The van der Waals surface area contributed by atoms with Crippen LogP contribution in [0.4, 0.5) is 0 Å². The molecule has 0 saturated heterocycles. The second-order valence-corrected chi connectivity index (χ2v) is 7.44. The molecule has 0 N–H and O–H groups in total. The van der Waals surface area contributed by atoms with E-state index in [9.17, 15) is 28.7 Å². The fourth-order valence-corrected chi connectivity index (χ4v) is 1.69. The number of esters is 2. The zero-order chi connectivity index (χ0) is 31.2. The van der Waals surface area contributed by atoms with Gasteiger partial charge in [0.05, 0.1) is 14.4 Å². The molecule has 0 aromatic heterocycles. The molecule has 0 spiro atoms. The van der Waals surface area contributed by atoms with Crippen molar-refractivity contribution in [1.29, 1.82) is 0 Å². The van der Waals surface area contributed by atoms with E-state index < -0.39 is 39.1 Å². The minimum atomic E-state index is -5.40. The first-order valence-electron chi connectivity index (χ1n) is 10.1. The van der Waals surface area contributed by atoms with Crippen molar-refractivity contribution in [3.63, 3.8) is 0 Å². The van der Waals surface area contributed by atoms with Gasteiger partial charge in [0.15, 0.2) is 11.2 Å². The number of hydrogen-bond acceptors (Lipinski definition) is 9. The predicted molar refractivity (Wildman–Crippen MR) is 189 cm³/mol. The van der Waals surface area contributed by atoms with Gasteiger partial charge in [0.25, 0.3) is 0 Å². The molecule has 0 bridgehead atoms. The first-order chi connectivity index (χ1) is 19.5.